The van der Waals surface area contributed by atoms with E-state index in [0.29, 0.717) is 35.9 Å². The number of fused-ring (bicyclic) bond motifs is 1. The third-order valence-electron chi connectivity index (χ3n) is 5.42. The van der Waals surface area contributed by atoms with E-state index in [1.54, 1.807) is 13.3 Å². The van der Waals surface area contributed by atoms with Gasteiger partial charge in [-0.05, 0) is 19.1 Å². The van der Waals surface area contributed by atoms with Crippen LogP contribution in [0, 0.1) is 11.6 Å². The van der Waals surface area contributed by atoms with Crippen molar-refractivity contribution in [1.82, 2.24) is 29.5 Å². The Balaban J connectivity index is 1.52. The molecule has 0 aliphatic carbocycles. The van der Waals surface area contributed by atoms with E-state index in [-0.39, 0.29) is 11.6 Å². The number of nitrogens with zero attached hydrogens (tertiary/aromatic N) is 7. The molecular weight excluding hydrogens is 444 g/mol. The zero-order chi connectivity index (χ0) is 23.7. The van der Waals surface area contributed by atoms with Gasteiger partial charge >= 0.3 is 0 Å². The monoisotopic (exact) mass is 467 g/mol. The molecule has 1 aliphatic heterocycles. The summed E-state index contributed by atoms with van der Waals surface area (Å²) >= 11 is 0. The molecule has 176 valence electrons. The van der Waals surface area contributed by atoms with Gasteiger partial charge in [-0.1, -0.05) is 0 Å². The van der Waals surface area contributed by atoms with Crippen LogP contribution in [0.15, 0.2) is 36.9 Å². The lowest BCUT2D eigenvalue weighted by molar-refractivity contribution is 0.122. The number of aryl methyl sites for hydroxylation is 1. The number of anilines is 4. The third kappa shape index (κ3) is 4.57. The average molecular weight is 467 g/mol. The second kappa shape index (κ2) is 9.14. The summed E-state index contributed by atoms with van der Waals surface area (Å²) in [7, 11) is 1.87. The van der Waals surface area contributed by atoms with Gasteiger partial charge in [0.05, 0.1) is 42.9 Å². The molecule has 1 saturated heterocycles. The summed E-state index contributed by atoms with van der Waals surface area (Å²) in [5, 5.41) is 6.96. The molecular formula is C22H23F2N9O. The molecule has 0 spiro atoms. The van der Waals surface area contributed by atoms with Crippen LogP contribution in [-0.4, -0.2) is 55.8 Å². The van der Waals surface area contributed by atoms with Gasteiger partial charge in [-0.15, -0.1) is 0 Å². The van der Waals surface area contributed by atoms with Gasteiger partial charge in [-0.2, -0.15) is 9.97 Å². The van der Waals surface area contributed by atoms with Crippen LogP contribution in [0.2, 0.25) is 0 Å². The minimum Gasteiger partial charge on any atom is -0.378 e. The first kappa shape index (κ1) is 21.9. The Bertz CT molecular complexity index is 1320. The molecule has 5 rings (SSSR count). The molecule has 2 N–H and O–H groups in total. The summed E-state index contributed by atoms with van der Waals surface area (Å²) in [6.45, 7) is 4.44. The van der Waals surface area contributed by atoms with Crippen molar-refractivity contribution < 1.29 is 13.5 Å². The van der Waals surface area contributed by atoms with Crippen LogP contribution >= 0.6 is 0 Å². The Morgan fingerprint density at radius 1 is 1.09 bits per heavy atom. The maximum absolute atomic E-state index is 14.3. The topological polar surface area (TPSA) is 106 Å². The van der Waals surface area contributed by atoms with E-state index in [2.05, 4.69) is 35.5 Å². The molecule has 0 bridgehead atoms. The van der Waals surface area contributed by atoms with E-state index >= 15 is 0 Å². The van der Waals surface area contributed by atoms with E-state index in [1.807, 2.05) is 29.9 Å². The highest BCUT2D eigenvalue weighted by Gasteiger charge is 2.19. The normalized spacial score (nSPS) is 14.9. The van der Waals surface area contributed by atoms with Crippen LogP contribution in [0.4, 0.5) is 32.2 Å². The lowest BCUT2D eigenvalue weighted by Crippen LogP contribution is -2.36. The number of hydrogen-bond acceptors (Lipinski definition) is 9. The van der Waals surface area contributed by atoms with E-state index < -0.39 is 17.7 Å². The molecule has 0 amide bonds. The number of rotatable bonds is 6. The van der Waals surface area contributed by atoms with Crippen molar-refractivity contribution in [3.8, 4) is 0 Å². The molecule has 12 heteroatoms. The molecule has 10 nitrogen and oxygen atoms in total. The first-order valence-electron chi connectivity index (χ1n) is 10.8. The van der Waals surface area contributed by atoms with Gasteiger partial charge in [-0.3, -0.25) is 4.98 Å². The number of aromatic nitrogens is 6. The van der Waals surface area contributed by atoms with Crippen LogP contribution in [0.1, 0.15) is 18.7 Å². The lowest BCUT2D eigenvalue weighted by Gasteiger charge is -2.27. The Morgan fingerprint density at radius 3 is 2.65 bits per heavy atom. The summed E-state index contributed by atoms with van der Waals surface area (Å²) in [5.41, 5.74) is 0.513. The summed E-state index contributed by atoms with van der Waals surface area (Å²) in [4.78, 5) is 24.2. The Hall–Kier alpha value is -3.93. The quantitative estimate of drug-likeness (QED) is 0.442. The maximum atomic E-state index is 14.3. The summed E-state index contributed by atoms with van der Waals surface area (Å²) < 4.78 is 34.8. The molecule has 1 fully saturated rings. The summed E-state index contributed by atoms with van der Waals surface area (Å²) in [5.74, 6) is 0.605. The standard InChI is InChI=1S/C22H23F2N9O/c1-13(19-16(24)9-14(23)10-25-19)27-22-30-20(28-17-11-32(2)12-26-17)15-3-4-18(29-21(15)31-22)33-5-7-34-8-6-33/h3-4,9-13H,5-8H2,1-2H3,(H2,27,28,29,30,31)/t13-/m1/s1. The highest BCUT2D eigenvalue weighted by molar-refractivity contribution is 5.90. The number of halogens is 2. The van der Waals surface area contributed by atoms with Crippen LogP contribution in [-0.2, 0) is 11.8 Å². The second-order valence-electron chi connectivity index (χ2n) is 7.97. The zero-order valence-electron chi connectivity index (χ0n) is 18.7. The molecule has 4 aromatic heterocycles. The number of ether oxygens (including phenoxy) is 1. The molecule has 0 aromatic carbocycles. The zero-order valence-corrected chi connectivity index (χ0v) is 18.7. The summed E-state index contributed by atoms with van der Waals surface area (Å²) in [6, 6.07) is 4.01. The minimum atomic E-state index is -0.750. The van der Waals surface area contributed by atoms with Crippen LogP contribution in [0.5, 0.6) is 0 Å². The van der Waals surface area contributed by atoms with Gasteiger partial charge < -0.3 is 24.8 Å². The molecule has 1 atom stereocenters. The van der Waals surface area contributed by atoms with Crippen molar-refractivity contribution in [2.24, 2.45) is 7.05 Å². The molecule has 5 heterocycles. The SMILES string of the molecule is C[C@@H](Nc1nc(Nc2cn(C)cn2)c2ccc(N3CCOCC3)nc2n1)c1ncc(F)cc1F. The van der Waals surface area contributed by atoms with Crippen LogP contribution in [0.25, 0.3) is 11.0 Å². The fourth-order valence-electron chi connectivity index (χ4n) is 3.73. The molecule has 4 aromatic rings. The third-order valence-corrected chi connectivity index (χ3v) is 5.42. The van der Waals surface area contributed by atoms with Gasteiger partial charge in [0, 0.05) is 32.4 Å². The first-order valence-corrected chi connectivity index (χ1v) is 10.8. The van der Waals surface area contributed by atoms with E-state index in [1.165, 1.54) is 0 Å². The Morgan fingerprint density at radius 2 is 1.91 bits per heavy atom. The predicted molar refractivity (Wildman–Crippen MR) is 123 cm³/mol. The smallest absolute Gasteiger partial charge is 0.227 e. The predicted octanol–water partition coefficient (Wildman–Crippen LogP) is 3.18. The van der Waals surface area contributed by atoms with Crippen molar-refractivity contribution in [3.05, 3.63) is 54.2 Å². The number of nitrogens with one attached hydrogen (secondary N) is 2. The van der Waals surface area contributed by atoms with E-state index in [0.717, 1.165) is 31.2 Å². The van der Waals surface area contributed by atoms with Crippen molar-refractivity contribution >= 4 is 34.4 Å². The number of hydrogen-bond donors (Lipinski definition) is 2. The maximum Gasteiger partial charge on any atom is 0.227 e. The number of pyridine rings is 2. The molecule has 0 radical (unpaired) electrons. The average Bonchev–Trinajstić information content (AvgIpc) is 3.23. The number of imidazole rings is 1. The highest BCUT2D eigenvalue weighted by Crippen LogP contribution is 2.28. The van der Waals surface area contributed by atoms with Crippen LogP contribution in [0.3, 0.4) is 0 Å². The van der Waals surface area contributed by atoms with Crippen molar-refractivity contribution in [1.29, 1.82) is 0 Å². The lowest BCUT2D eigenvalue weighted by atomic mass is 10.2. The van der Waals surface area contributed by atoms with Gasteiger partial charge in [-0.25, -0.2) is 18.7 Å². The van der Waals surface area contributed by atoms with Gasteiger partial charge in [0.25, 0.3) is 0 Å². The fraction of sp³-hybridized carbons (Fsp3) is 0.318. The largest absolute Gasteiger partial charge is 0.378 e. The van der Waals surface area contributed by atoms with E-state index in [4.69, 9.17) is 9.72 Å². The molecule has 0 saturated carbocycles. The van der Waals surface area contributed by atoms with Crippen LogP contribution < -0.4 is 15.5 Å². The van der Waals surface area contributed by atoms with Gasteiger partial charge in [0.2, 0.25) is 5.95 Å². The Kier molecular flexibility index (Phi) is 5.88. The van der Waals surface area contributed by atoms with Crippen molar-refractivity contribution in [2.75, 3.05) is 41.8 Å². The van der Waals surface area contributed by atoms with Crippen molar-refractivity contribution in [3.63, 3.8) is 0 Å². The van der Waals surface area contributed by atoms with E-state index in [9.17, 15) is 8.78 Å². The second-order valence-corrected chi connectivity index (χ2v) is 7.97. The molecule has 34 heavy (non-hydrogen) atoms. The fourth-order valence-corrected chi connectivity index (χ4v) is 3.73. The first-order chi connectivity index (χ1) is 16.5. The number of morpholine rings is 1. The molecule has 1 aliphatic rings. The highest BCUT2D eigenvalue weighted by atomic mass is 19.1. The Labute approximate surface area is 194 Å². The minimum absolute atomic E-state index is 0.0550. The molecule has 0 unspecified atom stereocenters. The summed E-state index contributed by atoms with van der Waals surface area (Å²) in [6.07, 6.45) is 4.46. The van der Waals surface area contributed by atoms with Crippen molar-refractivity contribution in [2.45, 2.75) is 13.0 Å². The van der Waals surface area contributed by atoms with Gasteiger partial charge in [0.1, 0.15) is 29.1 Å². The van der Waals surface area contributed by atoms with Gasteiger partial charge in [0.15, 0.2) is 5.65 Å².